The number of ether oxygens (including phenoxy) is 2. The van der Waals surface area contributed by atoms with E-state index in [2.05, 4.69) is 4.74 Å². The van der Waals surface area contributed by atoms with E-state index in [1.807, 2.05) is 0 Å². The lowest BCUT2D eigenvalue weighted by molar-refractivity contribution is -0.283. The van der Waals surface area contributed by atoms with Gasteiger partial charge in [-0.2, -0.15) is 0 Å². The minimum Gasteiger partial charge on any atom is -0.479 e. The van der Waals surface area contributed by atoms with Gasteiger partial charge in [0.2, 0.25) is 0 Å². The second-order valence-corrected chi connectivity index (χ2v) is 5.06. The van der Waals surface area contributed by atoms with Gasteiger partial charge in [-0.25, -0.2) is 4.79 Å². The molecule has 0 amide bonds. The number of unbranched alkanes of at least 4 members (excludes halogenated alkanes) is 1. The Bertz CT molecular complexity index is 393. The van der Waals surface area contributed by atoms with Crippen molar-refractivity contribution < 1.29 is 39.5 Å². The maximum absolute atomic E-state index is 11.8. The summed E-state index contributed by atoms with van der Waals surface area (Å²) in [5.74, 6) is -2.48. The molecule has 1 fully saturated rings. The van der Waals surface area contributed by atoms with Crippen LogP contribution < -0.4 is 11.5 Å². The van der Waals surface area contributed by atoms with Gasteiger partial charge < -0.3 is 41.4 Å². The van der Waals surface area contributed by atoms with Crippen LogP contribution in [0.2, 0.25) is 0 Å². The van der Waals surface area contributed by atoms with Crippen molar-refractivity contribution in [2.24, 2.45) is 11.5 Å². The minimum absolute atomic E-state index is 0.288. The second-order valence-electron chi connectivity index (χ2n) is 5.06. The third-order valence-electron chi connectivity index (χ3n) is 3.33. The monoisotopic (exact) mass is 322 g/mol. The van der Waals surface area contributed by atoms with Crippen LogP contribution in [0, 0.1) is 0 Å². The standard InChI is InChI=1S/C12H22N2O8/c13-4-2-1-3-5(14)11(19)21-8-6(15)9(10(17)18)22-12(20)7(8)16/h5-9,12,15-16,20H,1-4,13-14H2,(H,17,18)/t5-,6-,7+,8-,9-,12?/m0/s1. The van der Waals surface area contributed by atoms with E-state index in [0.29, 0.717) is 19.4 Å². The molecule has 10 nitrogen and oxygen atoms in total. The lowest BCUT2D eigenvalue weighted by atomic mass is 9.98. The zero-order valence-corrected chi connectivity index (χ0v) is 11.9. The van der Waals surface area contributed by atoms with E-state index in [0.717, 1.165) is 0 Å². The molecule has 6 atom stereocenters. The van der Waals surface area contributed by atoms with Crippen molar-refractivity contribution >= 4 is 11.9 Å². The number of carboxylic acid groups (broad SMARTS) is 1. The predicted octanol–water partition coefficient (Wildman–Crippen LogP) is -3.12. The third-order valence-corrected chi connectivity index (χ3v) is 3.33. The van der Waals surface area contributed by atoms with Gasteiger partial charge in [0.1, 0.15) is 18.2 Å². The molecular formula is C12H22N2O8. The molecular weight excluding hydrogens is 300 g/mol. The Hall–Kier alpha value is -1.30. The highest BCUT2D eigenvalue weighted by Gasteiger charge is 2.49. The number of hydrogen-bond acceptors (Lipinski definition) is 9. The number of aliphatic hydroxyl groups excluding tert-OH is 3. The van der Waals surface area contributed by atoms with Crippen LogP contribution in [-0.2, 0) is 19.1 Å². The molecule has 1 rings (SSSR count). The summed E-state index contributed by atoms with van der Waals surface area (Å²) >= 11 is 0. The fourth-order valence-corrected chi connectivity index (χ4v) is 2.04. The van der Waals surface area contributed by atoms with E-state index < -0.39 is 48.7 Å². The molecule has 0 aromatic carbocycles. The summed E-state index contributed by atoms with van der Waals surface area (Å²) in [6.07, 6.45) is -7.47. The second kappa shape index (κ2) is 8.36. The zero-order valence-electron chi connectivity index (χ0n) is 11.9. The van der Waals surface area contributed by atoms with Crippen molar-refractivity contribution in [2.45, 2.75) is 56.0 Å². The van der Waals surface area contributed by atoms with Gasteiger partial charge in [-0.05, 0) is 19.4 Å². The Morgan fingerprint density at radius 1 is 1.18 bits per heavy atom. The van der Waals surface area contributed by atoms with Gasteiger partial charge in [0.05, 0.1) is 0 Å². The Labute approximate surface area is 126 Å². The number of aliphatic carboxylic acids is 1. The number of rotatable bonds is 7. The molecule has 22 heavy (non-hydrogen) atoms. The molecule has 1 unspecified atom stereocenters. The third kappa shape index (κ3) is 4.60. The first kappa shape index (κ1) is 18.7. The van der Waals surface area contributed by atoms with Crippen molar-refractivity contribution in [1.82, 2.24) is 0 Å². The number of carbonyl (C=O) groups excluding carboxylic acids is 1. The topological polar surface area (TPSA) is 186 Å². The van der Waals surface area contributed by atoms with Crippen molar-refractivity contribution in [1.29, 1.82) is 0 Å². The molecule has 1 saturated heterocycles. The molecule has 0 saturated carbocycles. The number of nitrogens with two attached hydrogens (primary N) is 2. The van der Waals surface area contributed by atoms with Gasteiger partial charge in [-0.3, -0.25) is 4.79 Å². The summed E-state index contributed by atoms with van der Waals surface area (Å²) in [7, 11) is 0. The van der Waals surface area contributed by atoms with Gasteiger partial charge in [0.25, 0.3) is 0 Å². The van der Waals surface area contributed by atoms with Crippen molar-refractivity contribution in [2.75, 3.05) is 6.54 Å². The van der Waals surface area contributed by atoms with E-state index in [9.17, 15) is 24.9 Å². The van der Waals surface area contributed by atoms with Gasteiger partial charge in [-0.1, -0.05) is 6.42 Å². The lowest BCUT2D eigenvalue weighted by Crippen LogP contribution is -2.61. The first-order valence-corrected chi connectivity index (χ1v) is 6.88. The van der Waals surface area contributed by atoms with Crippen LogP contribution in [0.15, 0.2) is 0 Å². The molecule has 128 valence electrons. The number of carboxylic acids is 1. The quantitative estimate of drug-likeness (QED) is 0.207. The van der Waals surface area contributed by atoms with E-state index >= 15 is 0 Å². The Balaban J connectivity index is 2.67. The molecule has 0 bridgehead atoms. The van der Waals surface area contributed by atoms with Gasteiger partial charge in [0.15, 0.2) is 18.5 Å². The molecule has 0 radical (unpaired) electrons. The average molecular weight is 322 g/mol. The summed E-state index contributed by atoms with van der Waals surface area (Å²) in [5.41, 5.74) is 10.9. The smallest absolute Gasteiger partial charge is 0.335 e. The summed E-state index contributed by atoms with van der Waals surface area (Å²) in [6, 6.07) is -1.01. The summed E-state index contributed by atoms with van der Waals surface area (Å²) in [6.45, 7) is 0.450. The largest absolute Gasteiger partial charge is 0.479 e. The number of aliphatic hydroxyl groups is 3. The zero-order chi connectivity index (χ0) is 16.9. The normalized spacial score (nSPS) is 33.2. The molecule has 0 aromatic heterocycles. The molecule has 1 aliphatic rings. The Kier molecular flexibility index (Phi) is 7.13. The molecule has 0 aliphatic carbocycles. The Morgan fingerprint density at radius 2 is 1.82 bits per heavy atom. The molecule has 1 heterocycles. The summed E-state index contributed by atoms with van der Waals surface area (Å²) in [4.78, 5) is 22.7. The highest BCUT2D eigenvalue weighted by atomic mass is 16.7. The first-order valence-electron chi connectivity index (χ1n) is 6.88. The van der Waals surface area contributed by atoms with E-state index in [1.165, 1.54) is 0 Å². The maximum Gasteiger partial charge on any atom is 0.335 e. The lowest BCUT2D eigenvalue weighted by Gasteiger charge is -2.38. The molecule has 8 N–H and O–H groups in total. The molecule has 0 aromatic rings. The van der Waals surface area contributed by atoms with Crippen molar-refractivity contribution in [3.8, 4) is 0 Å². The van der Waals surface area contributed by atoms with Gasteiger partial charge in [-0.15, -0.1) is 0 Å². The van der Waals surface area contributed by atoms with E-state index in [4.69, 9.17) is 21.3 Å². The number of hydrogen-bond donors (Lipinski definition) is 6. The summed E-state index contributed by atoms with van der Waals surface area (Å²) < 4.78 is 9.40. The fraction of sp³-hybridized carbons (Fsp3) is 0.833. The average Bonchev–Trinajstić information content (AvgIpc) is 2.46. The van der Waals surface area contributed by atoms with Crippen LogP contribution in [0.5, 0.6) is 0 Å². The first-order chi connectivity index (χ1) is 10.3. The minimum atomic E-state index is -1.91. The van der Waals surface area contributed by atoms with Crippen LogP contribution in [0.1, 0.15) is 19.3 Å². The van der Waals surface area contributed by atoms with E-state index in [-0.39, 0.29) is 6.42 Å². The van der Waals surface area contributed by atoms with Crippen LogP contribution >= 0.6 is 0 Å². The van der Waals surface area contributed by atoms with Gasteiger partial charge >= 0.3 is 11.9 Å². The van der Waals surface area contributed by atoms with Crippen LogP contribution in [0.25, 0.3) is 0 Å². The van der Waals surface area contributed by atoms with Gasteiger partial charge in [0, 0.05) is 0 Å². The van der Waals surface area contributed by atoms with Crippen LogP contribution in [0.4, 0.5) is 0 Å². The van der Waals surface area contributed by atoms with Crippen LogP contribution in [-0.4, -0.2) is 75.7 Å². The number of esters is 1. The SMILES string of the molecule is NCCCC[C@H](N)C(=O)O[C@H]1[C@H](O)[C@@H](C(=O)O)OC(O)[C@@H]1O. The number of carbonyl (C=O) groups is 2. The highest BCUT2D eigenvalue weighted by molar-refractivity contribution is 5.76. The predicted molar refractivity (Wildman–Crippen MR) is 71.3 cm³/mol. The van der Waals surface area contributed by atoms with Crippen molar-refractivity contribution in [3.05, 3.63) is 0 Å². The Morgan fingerprint density at radius 3 is 2.36 bits per heavy atom. The highest BCUT2D eigenvalue weighted by Crippen LogP contribution is 2.23. The molecule has 10 heteroatoms. The van der Waals surface area contributed by atoms with Crippen molar-refractivity contribution in [3.63, 3.8) is 0 Å². The maximum atomic E-state index is 11.8. The molecule has 1 aliphatic heterocycles. The summed E-state index contributed by atoms with van der Waals surface area (Å²) in [5, 5.41) is 37.8. The molecule has 0 spiro atoms. The van der Waals surface area contributed by atoms with Crippen LogP contribution in [0.3, 0.4) is 0 Å². The fourth-order valence-electron chi connectivity index (χ4n) is 2.04. The van der Waals surface area contributed by atoms with E-state index in [1.54, 1.807) is 0 Å².